The Morgan fingerprint density at radius 3 is 1.71 bits per heavy atom. The Labute approximate surface area is 88.7 Å². The molecule has 0 bridgehead atoms. The maximum absolute atomic E-state index is 9.53. The molecule has 0 aliphatic heterocycles. The molecular formula is C12H26O2. The van der Waals surface area contributed by atoms with Gasteiger partial charge in [0.2, 0.25) is 0 Å². The second kappa shape index (κ2) is 6.41. The molecule has 0 aromatic heterocycles. The highest BCUT2D eigenvalue weighted by Gasteiger charge is 2.31. The van der Waals surface area contributed by atoms with Crippen LogP contribution in [0, 0.1) is 17.3 Å². The van der Waals surface area contributed by atoms with E-state index >= 15 is 0 Å². The highest BCUT2D eigenvalue weighted by atomic mass is 16.5. The van der Waals surface area contributed by atoms with E-state index in [4.69, 9.17) is 4.74 Å². The van der Waals surface area contributed by atoms with Crippen molar-refractivity contribution in [3.63, 3.8) is 0 Å². The zero-order chi connectivity index (χ0) is 11.2. The van der Waals surface area contributed by atoms with Gasteiger partial charge in [0.25, 0.3) is 0 Å². The highest BCUT2D eigenvalue weighted by molar-refractivity contribution is 4.80. The predicted molar refractivity (Wildman–Crippen MR) is 60.3 cm³/mol. The standard InChI is InChI=1S/C12H26O2/c1-10(2)6-12(8-13,9-14-5)7-11(3)4/h10-11,13H,6-9H2,1-5H3. The monoisotopic (exact) mass is 202 g/mol. The molecule has 0 aromatic rings. The van der Waals surface area contributed by atoms with Crippen molar-refractivity contribution in [1.29, 1.82) is 0 Å². The Bertz CT molecular complexity index is 131. The molecule has 0 atom stereocenters. The first-order chi connectivity index (χ1) is 6.45. The molecule has 1 N–H and O–H groups in total. The molecule has 0 saturated heterocycles. The lowest BCUT2D eigenvalue weighted by atomic mass is 9.75. The van der Waals surface area contributed by atoms with Crippen LogP contribution in [-0.4, -0.2) is 25.4 Å². The van der Waals surface area contributed by atoms with Gasteiger partial charge >= 0.3 is 0 Å². The fourth-order valence-corrected chi connectivity index (χ4v) is 2.41. The van der Waals surface area contributed by atoms with Crippen LogP contribution < -0.4 is 0 Å². The van der Waals surface area contributed by atoms with Crippen LogP contribution in [0.4, 0.5) is 0 Å². The summed E-state index contributed by atoms with van der Waals surface area (Å²) in [5, 5.41) is 9.53. The molecule has 86 valence electrons. The van der Waals surface area contributed by atoms with Gasteiger partial charge < -0.3 is 9.84 Å². The number of hydrogen-bond acceptors (Lipinski definition) is 2. The van der Waals surface area contributed by atoms with Gasteiger partial charge in [-0.3, -0.25) is 0 Å². The maximum atomic E-state index is 9.53. The van der Waals surface area contributed by atoms with Crippen molar-refractivity contribution in [2.45, 2.75) is 40.5 Å². The molecule has 0 aliphatic carbocycles. The second-order valence-corrected chi connectivity index (χ2v) is 5.29. The Balaban J connectivity index is 4.42. The zero-order valence-electron chi connectivity index (χ0n) is 10.3. The van der Waals surface area contributed by atoms with E-state index in [0.29, 0.717) is 18.4 Å². The summed E-state index contributed by atoms with van der Waals surface area (Å²) < 4.78 is 5.24. The van der Waals surface area contributed by atoms with Crippen LogP contribution >= 0.6 is 0 Å². The molecule has 0 rings (SSSR count). The summed E-state index contributed by atoms with van der Waals surface area (Å²) in [6.07, 6.45) is 2.07. The smallest absolute Gasteiger partial charge is 0.0540 e. The van der Waals surface area contributed by atoms with E-state index in [-0.39, 0.29) is 12.0 Å². The summed E-state index contributed by atoms with van der Waals surface area (Å²) in [5.41, 5.74) is -0.0307. The van der Waals surface area contributed by atoms with Crippen molar-refractivity contribution in [3.05, 3.63) is 0 Å². The molecule has 2 nitrogen and oxygen atoms in total. The topological polar surface area (TPSA) is 29.5 Å². The maximum Gasteiger partial charge on any atom is 0.0540 e. The number of methoxy groups -OCH3 is 1. The Kier molecular flexibility index (Phi) is 6.38. The van der Waals surface area contributed by atoms with Crippen molar-refractivity contribution >= 4 is 0 Å². The van der Waals surface area contributed by atoms with Crippen LogP contribution in [0.15, 0.2) is 0 Å². The van der Waals surface area contributed by atoms with Crippen molar-refractivity contribution in [2.75, 3.05) is 20.3 Å². The lowest BCUT2D eigenvalue weighted by Gasteiger charge is -2.34. The van der Waals surface area contributed by atoms with Crippen LogP contribution in [-0.2, 0) is 4.74 Å². The van der Waals surface area contributed by atoms with E-state index in [2.05, 4.69) is 27.7 Å². The first-order valence-electron chi connectivity index (χ1n) is 5.55. The van der Waals surface area contributed by atoms with E-state index < -0.39 is 0 Å². The minimum Gasteiger partial charge on any atom is -0.396 e. The van der Waals surface area contributed by atoms with Crippen LogP contribution in [0.1, 0.15) is 40.5 Å². The van der Waals surface area contributed by atoms with Crippen molar-refractivity contribution < 1.29 is 9.84 Å². The third kappa shape index (κ3) is 4.97. The number of hydrogen-bond donors (Lipinski definition) is 1. The lowest BCUT2D eigenvalue weighted by molar-refractivity contribution is -0.000230. The fourth-order valence-electron chi connectivity index (χ4n) is 2.41. The molecular weight excluding hydrogens is 176 g/mol. The highest BCUT2D eigenvalue weighted by Crippen LogP contribution is 2.33. The van der Waals surface area contributed by atoms with Gasteiger partial charge in [0.1, 0.15) is 0 Å². The van der Waals surface area contributed by atoms with Crippen molar-refractivity contribution in [2.24, 2.45) is 17.3 Å². The van der Waals surface area contributed by atoms with Gasteiger partial charge in [0.05, 0.1) is 13.2 Å². The zero-order valence-corrected chi connectivity index (χ0v) is 10.3. The number of aliphatic hydroxyl groups excluding tert-OH is 1. The Morgan fingerprint density at radius 2 is 1.50 bits per heavy atom. The van der Waals surface area contributed by atoms with E-state index in [9.17, 15) is 5.11 Å². The van der Waals surface area contributed by atoms with E-state index in [1.807, 2.05) is 0 Å². The SMILES string of the molecule is COCC(CO)(CC(C)C)CC(C)C. The summed E-state index contributed by atoms with van der Waals surface area (Å²) >= 11 is 0. The summed E-state index contributed by atoms with van der Waals surface area (Å²) in [4.78, 5) is 0. The summed E-state index contributed by atoms with van der Waals surface area (Å²) in [5.74, 6) is 1.21. The van der Waals surface area contributed by atoms with E-state index in [1.165, 1.54) is 0 Å². The number of ether oxygens (including phenoxy) is 1. The van der Waals surface area contributed by atoms with Crippen LogP contribution in [0.5, 0.6) is 0 Å². The molecule has 0 aromatic carbocycles. The fraction of sp³-hybridized carbons (Fsp3) is 1.00. The molecule has 0 radical (unpaired) electrons. The Morgan fingerprint density at radius 1 is 1.07 bits per heavy atom. The Hall–Kier alpha value is -0.0800. The van der Waals surface area contributed by atoms with Crippen molar-refractivity contribution in [1.82, 2.24) is 0 Å². The van der Waals surface area contributed by atoms with Gasteiger partial charge in [0, 0.05) is 12.5 Å². The molecule has 14 heavy (non-hydrogen) atoms. The molecule has 0 saturated carbocycles. The van der Waals surface area contributed by atoms with Crippen LogP contribution in [0.3, 0.4) is 0 Å². The molecule has 0 unspecified atom stereocenters. The molecule has 0 aliphatic rings. The average Bonchev–Trinajstić information content (AvgIpc) is 2.02. The predicted octanol–water partition coefficient (Wildman–Crippen LogP) is 2.70. The van der Waals surface area contributed by atoms with Gasteiger partial charge in [0.15, 0.2) is 0 Å². The first-order valence-corrected chi connectivity index (χ1v) is 5.55. The average molecular weight is 202 g/mol. The first kappa shape index (κ1) is 13.9. The summed E-state index contributed by atoms with van der Waals surface area (Å²) in [7, 11) is 1.71. The molecule has 0 fully saturated rings. The summed E-state index contributed by atoms with van der Waals surface area (Å²) in [6, 6.07) is 0. The lowest BCUT2D eigenvalue weighted by Crippen LogP contribution is -2.34. The minimum atomic E-state index is -0.0307. The molecule has 0 heterocycles. The van der Waals surface area contributed by atoms with Gasteiger partial charge in [-0.15, -0.1) is 0 Å². The van der Waals surface area contributed by atoms with Crippen LogP contribution in [0.25, 0.3) is 0 Å². The van der Waals surface area contributed by atoms with Crippen LogP contribution in [0.2, 0.25) is 0 Å². The molecule has 0 amide bonds. The van der Waals surface area contributed by atoms with Crippen molar-refractivity contribution in [3.8, 4) is 0 Å². The van der Waals surface area contributed by atoms with E-state index in [0.717, 1.165) is 12.8 Å². The molecule has 0 spiro atoms. The normalized spacial score (nSPS) is 12.9. The minimum absolute atomic E-state index is 0.0307. The third-order valence-electron chi connectivity index (χ3n) is 2.47. The summed E-state index contributed by atoms with van der Waals surface area (Å²) in [6.45, 7) is 9.68. The van der Waals surface area contributed by atoms with Gasteiger partial charge in [-0.05, 0) is 24.7 Å². The van der Waals surface area contributed by atoms with Gasteiger partial charge in [-0.2, -0.15) is 0 Å². The number of aliphatic hydroxyl groups is 1. The van der Waals surface area contributed by atoms with Gasteiger partial charge in [-0.1, -0.05) is 27.7 Å². The third-order valence-corrected chi connectivity index (χ3v) is 2.47. The molecule has 2 heteroatoms. The van der Waals surface area contributed by atoms with Gasteiger partial charge in [-0.25, -0.2) is 0 Å². The largest absolute Gasteiger partial charge is 0.396 e. The van der Waals surface area contributed by atoms with E-state index in [1.54, 1.807) is 7.11 Å². The quantitative estimate of drug-likeness (QED) is 0.688. The second-order valence-electron chi connectivity index (χ2n) is 5.29. The number of rotatable bonds is 7.